The fourth-order valence-corrected chi connectivity index (χ4v) is 3.01. The van der Waals surface area contributed by atoms with Crippen LogP contribution in [0.2, 0.25) is 5.02 Å². The highest BCUT2D eigenvalue weighted by molar-refractivity contribution is 6.32. The minimum absolute atomic E-state index is 0.00881. The van der Waals surface area contributed by atoms with Gasteiger partial charge in [0.05, 0.1) is 12.1 Å². The van der Waals surface area contributed by atoms with Gasteiger partial charge in [-0.15, -0.1) is 0 Å². The zero-order valence-electron chi connectivity index (χ0n) is 15.5. The van der Waals surface area contributed by atoms with E-state index in [0.29, 0.717) is 42.6 Å². The van der Waals surface area contributed by atoms with Gasteiger partial charge in [-0.3, -0.25) is 14.4 Å². The molecule has 2 rings (SSSR count). The second kappa shape index (κ2) is 7.95. The molecule has 0 bridgehead atoms. The van der Waals surface area contributed by atoms with Crippen molar-refractivity contribution >= 4 is 35.0 Å². The third kappa shape index (κ3) is 4.27. The first kappa shape index (κ1) is 20.0. The number of rotatable bonds is 4. The molecule has 0 aliphatic carbocycles. The molecule has 26 heavy (non-hydrogen) atoms. The molecule has 0 atom stereocenters. The number of methoxy groups -OCH3 is 1. The molecule has 1 aliphatic heterocycles. The van der Waals surface area contributed by atoms with Gasteiger partial charge in [0.2, 0.25) is 17.7 Å². The second-order valence-corrected chi connectivity index (χ2v) is 7.13. The molecule has 1 heterocycles. The van der Waals surface area contributed by atoms with Crippen molar-refractivity contribution in [3.63, 3.8) is 0 Å². The molecular formula is C18H24ClN3O4. The maximum atomic E-state index is 12.8. The van der Waals surface area contributed by atoms with Crippen LogP contribution < -0.4 is 10.1 Å². The first-order chi connectivity index (χ1) is 12.2. The summed E-state index contributed by atoms with van der Waals surface area (Å²) in [4.78, 5) is 40.2. The molecule has 1 aromatic rings. The number of benzene rings is 1. The predicted molar refractivity (Wildman–Crippen MR) is 99.2 cm³/mol. The topological polar surface area (TPSA) is 79.0 Å². The van der Waals surface area contributed by atoms with Crippen LogP contribution >= 0.6 is 11.6 Å². The summed E-state index contributed by atoms with van der Waals surface area (Å²) in [6, 6.07) is 4.88. The maximum absolute atomic E-state index is 12.8. The summed E-state index contributed by atoms with van der Waals surface area (Å²) in [6.45, 7) is 6.49. The highest BCUT2D eigenvalue weighted by Gasteiger charge is 2.40. The molecule has 0 saturated carbocycles. The van der Waals surface area contributed by atoms with E-state index in [-0.39, 0.29) is 11.8 Å². The summed E-state index contributed by atoms with van der Waals surface area (Å²) in [5.41, 5.74) is -0.756. The maximum Gasteiger partial charge on any atom is 0.239 e. The molecule has 8 heteroatoms. The molecule has 1 fully saturated rings. The minimum Gasteiger partial charge on any atom is -0.495 e. The van der Waals surface area contributed by atoms with Crippen LogP contribution in [0.3, 0.4) is 0 Å². The monoisotopic (exact) mass is 381 g/mol. The van der Waals surface area contributed by atoms with Gasteiger partial charge < -0.3 is 19.9 Å². The summed E-state index contributed by atoms with van der Waals surface area (Å²) in [7, 11) is 1.51. The predicted octanol–water partition coefficient (Wildman–Crippen LogP) is 2.00. The lowest BCUT2D eigenvalue weighted by molar-refractivity contribution is -0.149. The normalized spacial score (nSPS) is 14.8. The largest absolute Gasteiger partial charge is 0.495 e. The number of halogens is 1. The van der Waals surface area contributed by atoms with E-state index in [0.717, 1.165) is 0 Å². The number of hydrogen-bond acceptors (Lipinski definition) is 4. The number of anilines is 1. The average molecular weight is 382 g/mol. The number of nitrogens with one attached hydrogen (secondary N) is 1. The molecule has 0 aromatic heterocycles. The zero-order chi connectivity index (χ0) is 19.5. The van der Waals surface area contributed by atoms with E-state index in [1.165, 1.54) is 14.0 Å². The lowest BCUT2D eigenvalue weighted by Gasteiger charge is -2.37. The SMILES string of the molecule is COc1ccc(NC(=O)C(C)(C)C(=O)N2CCN(C(C)=O)CC2)cc1Cl. The van der Waals surface area contributed by atoms with Crippen LogP contribution in [0.4, 0.5) is 5.69 Å². The highest BCUT2D eigenvalue weighted by Crippen LogP contribution is 2.29. The molecule has 1 N–H and O–H groups in total. The van der Waals surface area contributed by atoms with Gasteiger partial charge in [0.25, 0.3) is 0 Å². The van der Waals surface area contributed by atoms with Crippen LogP contribution in [0, 0.1) is 5.41 Å². The van der Waals surface area contributed by atoms with E-state index in [4.69, 9.17) is 16.3 Å². The van der Waals surface area contributed by atoms with E-state index in [1.807, 2.05) is 0 Å². The quantitative estimate of drug-likeness (QED) is 0.809. The molecule has 0 unspecified atom stereocenters. The summed E-state index contributed by atoms with van der Waals surface area (Å²) in [5.74, 6) is -0.190. The van der Waals surface area contributed by atoms with Crippen LogP contribution in [0.25, 0.3) is 0 Å². The fourth-order valence-electron chi connectivity index (χ4n) is 2.75. The lowest BCUT2D eigenvalue weighted by atomic mass is 9.89. The highest BCUT2D eigenvalue weighted by atomic mass is 35.5. The van der Waals surface area contributed by atoms with Gasteiger partial charge in [0, 0.05) is 38.8 Å². The molecule has 142 valence electrons. The Morgan fingerprint density at radius 2 is 1.69 bits per heavy atom. The molecule has 0 radical (unpaired) electrons. The van der Waals surface area contributed by atoms with Crippen molar-refractivity contribution in [3.05, 3.63) is 23.2 Å². The zero-order valence-corrected chi connectivity index (χ0v) is 16.2. The Morgan fingerprint density at radius 1 is 1.12 bits per heavy atom. The van der Waals surface area contributed by atoms with Crippen molar-refractivity contribution in [2.75, 3.05) is 38.6 Å². The van der Waals surface area contributed by atoms with E-state index < -0.39 is 11.3 Å². The smallest absolute Gasteiger partial charge is 0.239 e. The summed E-state index contributed by atoms with van der Waals surface area (Å²) < 4.78 is 5.08. The van der Waals surface area contributed by atoms with Crippen molar-refractivity contribution in [1.29, 1.82) is 0 Å². The van der Waals surface area contributed by atoms with Gasteiger partial charge in [-0.25, -0.2) is 0 Å². The lowest BCUT2D eigenvalue weighted by Crippen LogP contribution is -2.55. The number of piperazine rings is 1. The second-order valence-electron chi connectivity index (χ2n) is 6.73. The van der Waals surface area contributed by atoms with Gasteiger partial charge in [-0.2, -0.15) is 0 Å². The van der Waals surface area contributed by atoms with Gasteiger partial charge in [-0.1, -0.05) is 11.6 Å². The van der Waals surface area contributed by atoms with Crippen molar-refractivity contribution < 1.29 is 19.1 Å². The van der Waals surface area contributed by atoms with Crippen LogP contribution in [0.15, 0.2) is 18.2 Å². The van der Waals surface area contributed by atoms with Crippen LogP contribution in [0.5, 0.6) is 5.75 Å². The number of nitrogens with zero attached hydrogens (tertiary/aromatic N) is 2. The molecule has 0 spiro atoms. The number of amides is 3. The Morgan fingerprint density at radius 3 is 2.19 bits per heavy atom. The molecule has 7 nitrogen and oxygen atoms in total. The number of carbonyl (C=O) groups is 3. The average Bonchev–Trinajstić information content (AvgIpc) is 2.61. The number of carbonyl (C=O) groups excluding carboxylic acids is 3. The Hall–Kier alpha value is -2.28. The number of ether oxygens (including phenoxy) is 1. The first-order valence-electron chi connectivity index (χ1n) is 8.36. The van der Waals surface area contributed by atoms with Crippen LogP contribution in [-0.4, -0.2) is 60.8 Å². The molecule has 3 amide bonds. The fraction of sp³-hybridized carbons (Fsp3) is 0.500. The summed E-state index contributed by atoms with van der Waals surface area (Å²) in [6.07, 6.45) is 0. The van der Waals surface area contributed by atoms with E-state index in [1.54, 1.807) is 41.8 Å². The standard InChI is InChI=1S/C18H24ClN3O4/c1-12(23)21-7-9-22(10-8-21)17(25)18(2,3)16(24)20-13-5-6-15(26-4)14(19)11-13/h5-6,11H,7-10H2,1-4H3,(H,20,24). The van der Waals surface area contributed by atoms with E-state index in [2.05, 4.69) is 5.32 Å². The third-order valence-electron chi connectivity index (χ3n) is 4.52. The molecule has 1 aliphatic rings. The molecule has 1 aromatic carbocycles. The van der Waals surface area contributed by atoms with Gasteiger partial charge in [0.15, 0.2) is 0 Å². The Bertz CT molecular complexity index is 712. The van der Waals surface area contributed by atoms with E-state index >= 15 is 0 Å². The van der Waals surface area contributed by atoms with Crippen LogP contribution in [0.1, 0.15) is 20.8 Å². The Labute approximate surface area is 158 Å². The third-order valence-corrected chi connectivity index (χ3v) is 4.82. The van der Waals surface area contributed by atoms with Gasteiger partial charge >= 0.3 is 0 Å². The summed E-state index contributed by atoms with van der Waals surface area (Å²) in [5, 5.41) is 3.10. The van der Waals surface area contributed by atoms with Gasteiger partial charge in [0.1, 0.15) is 11.2 Å². The summed E-state index contributed by atoms with van der Waals surface area (Å²) >= 11 is 6.07. The molecular weight excluding hydrogens is 358 g/mol. The number of hydrogen-bond donors (Lipinski definition) is 1. The van der Waals surface area contributed by atoms with Crippen molar-refractivity contribution in [2.45, 2.75) is 20.8 Å². The Balaban J connectivity index is 2.04. The van der Waals surface area contributed by atoms with Crippen molar-refractivity contribution in [1.82, 2.24) is 9.80 Å². The molecule has 1 saturated heterocycles. The van der Waals surface area contributed by atoms with Gasteiger partial charge in [-0.05, 0) is 32.0 Å². The van der Waals surface area contributed by atoms with Crippen molar-refractivity contribution in [2.24, 2.45) is 5.41 Å². The van der Waals surface area contributed by atoms with E-state index in [9.17, 15) is 14.4 Å². The van der Waals surface area contributed by atoms with Crippen molar-refractivity contribution in [3.8, 4) is 5.75 Å². The first-order valence-corrected chi connectivity index (χ1v) is 8.74. The van der Waals surface area contributed by atoms with Crippen LogP contribution in [-0.2, 0) is 14.4 Å². The minimum atomic E-state index is -1.25. The Kier molecular flexibility index (Phi) is 6.13.